The SMILES string of the molecule is NC1(C(=O)O)CCN(C2CC(=O)NC2=O)C1. The van der Waals surface area contributed by atoms with E-state index in [0.717, 1.165) is 0 Å². The molecule has 2 atom stereocenters. The number of hydrogen-bond donors (Lipinski definition) is 3. The van der Waals surface area contributed by atoms with Crippen LogP contribution in [0, 0.1) is 0 Å². The van der Waals surface area contributed by atoms with E-state index >= 15 is 0 Å². The molecule has 7 heteroatoms. The van der Waals surface area contributed by atoms with Crippen LogP contribution in [0.25, 0.3) is 0 Å². The van der Waals surface area contributed by atoms with Crippen LogP contribution in [0.4, 0.5) is 0 Å². The van der Waals surface area contributed by atoms with Gasteiger partial charge in [-0.25, -0.2) is 0 Å². The fraction of sp³-hybridized carbons (Fsp3) is 0.667. The van der Waals surface area contributed by atoms with Crippen LogP contribution in [0.15, 0.2) is 0 Å². The number of amides is 2. The second-order valence-electron chi connectivity index (χ2n) is 4.31. The maximum absolute atomic E-state index is 11.4. The highest BCUT2D eigenvalue weighted by molar-refractivity contribution is 6.05. The van der Waals surface area contributed by atoms with E-state index in [-0.39, 0.29) is 24.8 Å². The molecule has 2 unspecified atom stereocenters. The highest BCUT2D eigenvalue weighted by Crippen LogP contribution is 2.23. The third kappa shape index (κ3) is 1.68. The lowest BCUT2D eigenvalue weighted by Crippen LogP contribution is -2.51. The van der Waals surface area contributed by atoms with Crippen molar-refractivity contribution in [2.75, 3.05) is 13.1 Å². The number of carboxylic acids is 1. The standard InChI is InChI=1S/C9H13N3O4/c10-9(8(15)16)1-2-12(4-9)5-3-6(13)11-7(5)14/h5H,1-4,10H2,(H,15,16)(H,11,13,14). The highest BCUT2D eigenvalue weighted by atomic mass is 16.4. The molecule has 16 heavy (non-hydrogen) atoms. The largest absolute Gasteiger partial charge is 0.480 e. The summed E-state index contributed by atoms with van der Waals surface area (Å²) in [5, 5.41) is 11.1. The molecule has 2 heterocycles. The average molecular weight is 227 g/mol. The number of hydrogen-bond acceptors (Lipinski definition) is 5. The maximum atomic E-state index is 11.4. The molecule has 0 aliphatic carbocycles. The monoisotopic (exact) mass is 227 g/mol. The van der Waals surface area contributed by atoms with Gasteiger partial charge in [0.25, 0.3) is 0 Å². The molecule has 0 aromatic rings. The first-order chi connectivity index (χ1) is 7.42. The van der Waals surface area contributed by atoms with Crippen molar-refractivity contribution in [3.63, 3.8) is 0 Å². The van der Waals surface area contributed by atoms with Gasteiger partial charge in [-0.15, -0.1) is 0 Å². The van der Waals surface area contributed by atoms with Crippen LogP contribution >= 0.6 is 0 Å². The van der Waals surface area contributed by atoms with Gasteiger partial charge in [-0.05, 0) is 6.42 Å². The molecule has 4 N–H and O–H groups in total. The normalized spacial score (nSPS) is 35.4. The summed E-state index contributed by atoms with van der Waals surface area (Å²) in [4.78, 5) is 35.0. The van der Waals surface area contributed by atoms with Crippen LogP contribution in [-0.2, 0) is 14.4 Å². The van der Waals surface area contributed by atoms with Crippen LogP contribution in [-0.4, -0.2) is 52.5 Å². The molecule has 0 aromatic carbocycles. The Hall–Kier alpha value is -1.47. The number of nitrogens with two attached hydrogens (primary N) is 1. The van der Waals surface area contributed by atoms with Crippen molar-refractivity contribution >= 4 is 17.8 Å². The van der Waals surface area contributed by atoms with E-state index in [9.17, 15) is 14.4 Å². The maximum Gasteiger partial charge on any atom is 0.325 e. The molecular formula is C9H13N3O4. The summed E-state index contributed by atoms with van der Waals surface area (Å²) in [6.07, 6.45) is 0.384. The van der Waals surface area contributed by atoms with Crippen LogP contribution in [0.5, 0.6) is 0 Å². The number of nitrogens with zero attached hydrogens (tertiary/aromatic N) is 1. The number of likely N-dealkylation sites (tertiary alicyclic amines) is 1. The van der Waals surface area contributed by atoms with Crippen molar-refractivity contribution in [1.82, 2.24) is 10.2 Å². The lowest BCUT2D eigenvalue weighted by Gasteiger charge is -2.22. The zero-order chi connectivity index (χ0) is 11.9. The topological polar surface area (TPSA) is 113 Å². The first-order valence-electron chi connectivity index (χ1n) is 5.02. The molecule has 88 valence electrons. The van der Waals surface area contributed by atoms with Gasteiger partial charge in [0.15, 0.2) is 0 Å². The molecule has 0 spiro atoms. The minimum absolute atomic E-state index is 0.0918. The van der Waals surface area contributed by atoms with Crippen molar-refractivity contribution in [3.05, 3.63) is 0 Å². The Kier molecular flexibility index (Phi) is 2.43. The average Bonchev–Trinajstić information content (AvgIpc) is 2.71. The quantitative estimate of drug-likeness (QED) is 0.465. The minimum atomic E-state index is -1.30. The predicted octanol–water partition coefficient (Wildman–Crippen LogP) is -2.11. The molecule has 0 saturated carbocycles. The zero-order valence-corrected chi connectivity index (χ0v) is 8.60. The third-order valence-electron chi connectivity index (χ3n) is 3.14. The van der Waals surface area contributed by atoms with E-state index < -0.39 is 17.6 Å². The van der Waals surface area contributed by atoms with E-state index in [2.05, 4.69) is 5.32 Å². The van der Waals surface area contributed by atoms with Crippen molar-refractivity contribution < 1.29 is 19.5 Å². The molecule has 2 aliphatic rings. The van der Waals surface area contributed by atoms with Crippen molar-refractivity contribution in [2.45, 2.75) is 24.4 Å². The second-order valence-corrected chi connectivity index (χ2v) is 4.31. The summed E-state index contributed by atoms with van der Waals surface area (Å²) in [5.41, 5.74) is 4.38. The Morgan fingerprint density at radius 1 is 1.56 bits per heavy atom. The van der Waals surface area contributed by atoms with Crippen LogP contribution in [0.3, 0.4) is 0 Å². The van der Waals surface area contributed by atoms with Gasteiger partial charge < -0.3 is 10.8 Å². The second kappa shape index (κ2) is 3.53. The highest BCUT2D eigenvalue weighted by Gasteiger charge is 2.46. The Balaban J connectivity index is 2.07. The number of nitrogens with one attached hydrogen (secondary N) is 1. The van der Waals surface area contributed by atoms with Crippen LogP contribution < -0.4 is 11.1 Å². The molecule has 2 fully saturated rings. The van der Waals surface area contributed by atoms with Gasteiger partial charge in [0.2, 0.25) is 11.8 Å². The molecular weight excluding hydrogens is 214 g/mol. The summed E-state index contributed by atoms with van der Waals surface area (Å²) >= 11 is 0. The fourth-order valence-corrected chi connectivity index (χ4v) is 2.14. The lowest BCUT2D eigenvalue weighted by atomic mass is 10.0. The van der Waals surface area contributed by atoms with Crippen LogP contribution in [0.1, 0.15) is 12.8 Å². The number of carbonyl (C=O) groups excluding carboxylic acids is 2. The van der Waals surface area contributed by atoms with Gasteiger partial charge in [0.05, 0.1) is 12.5 Å². The number of rotatable bonds is 2. The number of aliphatic carboxylic acids is 1. The molecule has 7 nitrogen and oxygen atoms in total. The number of imide groups is 1. The first-order valence-corrected chi connectivity index (χ1v) is 5.02. The van der Waals surface area contributed by atoms with Gasteiger partial charge in [-0.1, -0.05) is 0 Å². The summed E-state index contributed by atoms with van der Waals surface area (Å²) < 4.78 is 0. The van der Waals surface area contributed by atoms with Crippen molar-refractivity contribution in [2.24, 2.45) is 5.73 Å². The van der Waals surface area contributed by atoms with Crippen LogP contribution in [0.2, 0.25) is 0 Å². The van der Waals surface area contributed by atoms with Crippen molar-refractivity contribution in [3.8, 4) is 0 Å². The molecule has 2 aliphatic heterocycles. The molecule has 2 amide bonds. The Labute approximate surface area is 91.6 Å². The predicted molar refractivity (Wildman–Crippen MR) is 52.3 cm³/mol. The van der Waals surface area contributed by atoms with E-state index in [1.165, 1.54) is 0 Å². The molecule has 0 radical (unpaired) electrons. The molecule has 0 aromatic heterocycles. The fourth-order valence-electron chi connectivity index (χ4n) is 2.14. The lowest BCUT2D eigenvalue weighted by molar-refractivity contribution is -0.143. The van der Waals surface area contributed by atoms with Gasteiger partial charge in [-0.3, -0.25) is 24.6 Å². The van der Waals surface area contributed by atoms with Gasteiger partial charge >= 0.3 is 5.97 Å². The smallest absolute Gasteiger partial charge is 0.325 e. The minimum Gasteiger partial charge on any atom is -0.480 e. The Morgan fingerprint density at radius 3 is 2.69 bits per heavy atom. The third-order valence-corrected chi connectivity index (χ3v) is 3.14. The molecule has 0 bridgehead atoms. The summed E-state index contributed by atoms with van der Waals surface area (Å²) in [6, 6.07) is -0.558. The Bertz CT molecular complexity index is 370. The van der Waals surface area contributed by atoms with Gasteiger partial charge in [0, 0.05) is 13.1 Å². The summed E-state index contributed by atoms with van der Waals surface area (Å²) in [7, 11) is 0. The van der Waals surface area contributed by atoms with Crippen molar-refractivity contribution in [1.29, 1.82) is 0 Å². The molecule has 2 rings (SSSR count). The van der Waals surface area contributed by atoms with E-state index in [4.69, 9.17) is 10.8 Å². The number of carboxylic acid groups (broad SMARTS) is 1. The van der Waals surface area contributed by atoms with E-state index in [0.29, 0.717) is 13.0 Å². The Morgan fingerprint density at radius 2 is 2.25 bits per heavy atom. The first kappa shape index (κ1) is 11.0. The summed E-state index contributed by atoms with van der Waals surface area (Å²) in [5.74, 6) is -1.75. The number of carbonyl (C=O) groups is 3. The molecule has 2 saturated heterocycles. The zero-order valence-electron chi connectivity index (χ0n) is 8.60. The summed E-state index contributed by atoms with van der Waals surface area (Å²) in [6.45, 7) is 0.530. The van der Waals surface area contributed by atoms with Gasteiger partial charge in [0.1, 0.15) is 5.54 Å². The van der Waals surface area contributed by atoms with E-state index in [1.807, 2.05) is 0 Å². The van der Waals surface area contributed by atoms with E-state index in [1.54, 1.807) is 4.90 Å². The van der Waals surface area contributed by atoms with Gasteiger partial charge in [-0.2, -0.15) is 0 Å².